The molecule has 0 bridgehead atoms. The molecule has 0 fully saturated rings. The zero-order valence-electron chi connectivity index (χ0n) is 16.3. The van der Waals surface area contributed by atoms with Gasteiger partial charge in [0, 0.05) is 11.4 Å². The highest BCUT2D eigenvalue weighted by Crippen LogP contribution is 2.23. The van der Waals surface area contributed by atoms with E-state index in [9.17, 15) is 29.4 Å². The average Bonchev–Trinajstić information content (AvgIpc) is 2.62. The molecular formula is C19H25ClN2O7. The van der Waals surface area contributed by atoms with Crippen LogP contribution in [0.25, 0.3) is 0 Å². The first-order chi connectivity index (χ1) is 13.4. The van der Waals surface area contributed by atoms with Gasteiger partial charge in [0.15, 0.2) is 5.60 Å². The van der Waals surface area contributed by atoms with E-state index >= 15 is 0 Å². The van der Waals surface area contributed by atoms with Crippen LogP contribution in [0.3, 0.4) is 0 Å². The third-order valence-corrected chi connectivity index (χ3v) is 4.60. The molecule has 0 radical (unpaired) electrons. The summed E-state index contributed by atoms with van der Waals surface area (Å²) in [7, 11) is 0. The van der Waals surface area contributed by atoms with E-state index < -0.39 is 53.8 Å². The van der Waals surface area contributed by atoms with Crippen LogP contribution in [0.5, 0.6) is 0 Å². The first kappa shape index (κ1) is 24.4. The molecule has 5 N–H and O–H groups in total. The Morgan fingerprint density at radius 3 is 2.07 bits per heavy atom. The minimum Gasteiger partial charge on any atom is -0.481 e. The van der Waals surface area contributed by atoms with E-state index in [-0.39, 0.29) is 12.0 Å². The van der Waals surface area contributed by atoms with Gasteiger partial charge in [-0.15, -0.1) is 0 Å². The molecule has 29 heavy (non-hydrogen) atoms. The number of hydrogen-bond donors (Lipinski definition) is 5. The van der Waals surface area contributed by atoms with Gasteiger partial charge in [0.2, 0.25) is 5.91 Å². The lowest BCUT2D eigenvalue weighted by molar-refractivity contribution is -0.145. The summed E-state index contributed by atoms with van der Waals surface area (Å²) in [6.45, 7) is 4.52. The lowest BCUT2D eigenvalue weighted by atomic mass is 9.93. The molecular weight excluding hydrogens is 404 g/mol. The molecule has 3 atom stereocenters. The average molecular weight is 429 g/mol. The van der Waals surface area contributed by atoms with Gasteiger partial charge in [-0.05, 0) is 37.0 Å². The maximum absolute atomic E-state index is 12.6. The van der Waals surface area contributed by atoms with Gasteiger partial charge < -0.3 is 26.0 Å². The number of carboxylic acid groups (broad SMARTS) is 2. The quantitative estimate of drug-likeness (QED) is 0.374. The highest BCUT2D eigenvalue weighted by atomic mass is 35.5. The van der Waals surface area contributed by atoms with Crippen molar-refractivity contribution in [3.63, 3.8) is 0 Å². The number of halogens is 1. The van der Waals surface area contributed by atoms with Crippen LogP contribution in [-0.4, -0.2) is 51.2 Å². The lowest BCUT2D eigenvalue weighted by Gasteiger charge is -2.29. The van der Waals surface area contributed by atoms with E-state index in [1.54, 1.807) is 13.8 Å². The summed E-state index contributed by atoms with van der Waals surface area (Å²) in [5, 5.41) is 33.6. The smallest absolute Gasteiger partial charge is 0.326 e. The van der Waals surface area contributed by atoms with E-state index in [0.717, 1.165) is 0 Å². The molecule has 0 spiro atoms. The fourth-order valence-corrected chi connectivity index (χ4v) is 2.63. The summed E-state index contributed by atoms with van der Waals surface area (Å²) in [5.74, 6) is -4.67. The predicted octanol–water partition coefficient (Wildman–Crippen LogP) is 1.12. The van der Waals surface area contributed by atoms with Crippen molar-refractivity contribution >= 4 is 35.4 Å². The maximum Gasteiger partial charge on any atom is 0.326 e. The van der Waals surface area contributed by atoms with Crippen molar-refractivity contribution in [2.24, 2.45) is 5.92 Å². The van der Waals surface area contributed by atoms with Crippen molar-refractivity contribution < 1.29 is 34.5 Å². The van der Waals surface area contributed by atoms with Crippen molar-refractivity contribution in [2.45, 2.75) is 51.3 Å². The predicted molar refractivity (Wildman–Crippen MR) is 104 cm³/mol. The van der Waals surface area contributed by atoms with Gasteiger partial charge >= 0.3 is 11.9 Å². The van der Waals surface area contributed by atoms with Gasteiger partial charge in [-0.2, -0.15) is 0 Å². The van der Waals surface area contributed by atoms with Crippen LogP contribution < -0.4 is 10.6 Å². The molecule has 0 aliphatic heterocycles. The van der Waals surface area contributed by atoms with Crippen LogP contribution in [0.1, 0.15) is 39.2 Å². The van der Waals surface area contributed by atoms with E-state index in [0.29, 0.717) is 5.02 Å². The van der Waals surface area contributed by atoms with Crippen LogP contribution >= 0.6 is 11.6 Å². The Labute approximate surface area is 173 Å². The molecule has 1 unspecified atom stereocenters. The Morgan fingerprint density at radius 1 is 1.07 bits per heavy atom. The standard InChI is InChI=1S/C19H25ClN2O7/c1-10(2)15(16(25)21-13(17(26)27)8-9-14(23)24)22-18(28)19(3,29)11-4-6-12(20)7-5-11/h4-7,10,13,15,29H,8-9H2,1-3H3,(H,21,25)(H,22,28)(H,23,24)(H,26,27)/t13-,15+,19?/m1/s1. The number of amides is 2. The molecule has 0 aliphatic carbocycles. The van der Waals surface area contributed by atoms with E-state index in [2.05, 4.69) is 10.6 Å². The highest BCUT2D eigenvalue weighted by Gasteiger charge is 2.37. The number of hydrogen-bond acceptors (Lipinski definition) is 5. The number of carbonyl (C=O) groups excluding carboxylic acids is 2. The minimum absolute atomic E-state index is 0.257. The normalized spacial score (nSPS) is 15.1. The molecule has 1 aromatic rings. The van der Waals surface area contributed by atoms with Crippen molar-refractivity contribution in [2.75, 3.05) is 0 Å². The maximum atomic E-state index is 12.6. The van der Waals surface area contributed by atoms with E-state index in [1.165, 1.54) is 31.2 Å². The molecule has 0 aromatic heterocycles. The molecule has 160 valence electrons. The molecule has 1 aromatic carbocycles. The molecule has 2 amide bonds. The summed E-state index contributed by atoms with van der Waals surface area (Å²) in [6, 6.07) is 3.38. The van der Waals surface area contributed by atoms with Gasteiger partial charge in [-0.1, -0.05) is 37.6 Å². The number of benzene rings is 1. The van der Waals surface area contributed by atoms with Gasteiger partial charge in [-0.3, -0.25) is 14.4 Å². The lowest BCUT2D eigenvalue weighted by Crippen LogP contribution is -2.56. The summed E-state index contributed by atoms with van der Waals surface area (Å²) < 4.78 is 0. The van der Waals surface area contributed by atoms with Gasteiger partial charge in [0.1, 0.15) is 12.1 Å². The molecule has 0 saturated heterocycles. The van der Waals surface area contributed by atoms with E-state index in [1.807, 2.05) is 0 Å². The van der Waals surface area contributed by atoms with Gasteiger partial charge in [-0.25, -0.2) is 4.79 Å². The highest BCUT2D eigenvalue weighted by molar-refractivity contribution is 6.30. The number of aliphatic hydroxyl groups is 1. The second kappa shape index (κ2) is 10.2. The monoisotopic (exact) mass is 428 g/mol. The largest absolute Gasteiger partial charge is 0.481 e. The van der Waals surface area contributed by atoms with Crippen molar-refractivity contribution in [1.82, 2.24) is 10.6 Å². The second-order valence-corrected chi connectivity index (χ2v) is 7.54. The number of rotatable bonds is 10. The van der Waals surface area contributed by atoms with Crippen LogP contribution in [0.4, 0.5) is 0 Å². The third-order valence-electron chi connectivity index (χ3n) is 4.35. The summed E-state index contributed by atoms with van der Waals surface area (Å²) >= 11 is 5.81. The van der Waals surface area contributed by atoms with Crippen molar-refractivity contribution in [3.05, 3.63) is 34.9 Å². The number of carboxylic acids is 2. The Kier molecular flexibility index (Phi) is 8.59. The fraction of sp³-hybridized carbons (Fsp3) is 0.474. The zero-order valence-corrected chi connectivity index (χ0v) is 17.1. The topological polar surface area (TPSA) is 153 Å². The zero-order chi connectivity index (χ0) is 22.4. The Hall–Kier alpha value is -2.65. The first-order valence-electron chi connectivity index (χ1n) is 8.90. The SMILES string of the molecule is CC(C)[C@H](NC(=O)C(C)(O)c1ccc(Cl)cc1)C(=O)N[C@H](CCC(=O)O)C(=O)O. The number of nitrogens with one attached hydrogen (secondary N) is 2. The molecule has 0 saturated carbocycles. The van der Waals surface area contributed by atoms with Crippen LogP contribution in [-0.2, 0) is 24.8 Å². The number of aliphatic carboxylic acids is 2. The second-order valence-electron chi connectivity index (χ2n) is 7.11. The third kappa shape index (κ3) is 7.03. The molecule has 0 heterocycles. The van der Waals surface area contributed by atoms with Crippen molar-refractivity contribution in [3.8, 4) is 0 Å². The minimum atomic E-state index is -1.96. The Balaban J connectivity index is 2.94. The van der Waals surface area contributed by atoms with Crippen LogP contribution in [0, 0.1) is 5.92 Å². The molecule has 0 aliphatic rings. The Bertz CT molecular complexity index is 762. The Morgan fingerprint density at radius 2 is 1.62 bits per heavy atom. The van der Waals surface area contributed by atoms with Crippen molar-refractivity contribution in [1.29, 1.82) is 0 Å². The van der Waals surface area contributed by atoms with Crippen LogP contribution in [0.2, 0.25) is 5.02 Å². The molecule has 1 rings (SSSR count). The van der Waals surface area contributed by atoms with Crippen LogP contribution in [0.15, 0.2) is 24.3 Å². The number of carbonyl (C=O) groups is 4. The summed E-state index contributed by atoms with van der Waals surface area (Å²) in [5.41, 5.74) is -1.71. The van der Waals surface area contributed by atoms with E-state index in [4.69, 9.17) is 16.7 Å². The van der Waals surface area contributed by atoms with Gasteiger partial charge in [0.05, 0.1) is 0 Å². The summed E-state index contributed by atoms with van der Waals surface area (Å²) in [4.78, 5) is 47.1. The molecule has 10 heteroatoms. The van der Waals surface area contributed by atoms with Gasteiger partial charge in [0.25, 0.3) is 5.91 Å². The first-order valence-corrected chi connectivity index (χ1v) is 9.28. The molecule has 9 nitrogen and oxygen atoms in total. The summed E-state index contributed by atoms with van der Waals surface area (Å²) in [6.07, 6.45) is -0.751. The fourth-order valence-electron chi connectivity index (χ4n) is 2.51.